The molecule has 122 valence electrons. The van der Waals surface area contributed by atoms with Crippen molar-refractivity contribution in [2.75, 3.05) is 31.1 Å². The fraction of sp³-hybridized carbons (Fsp3) is 0.429. The van der Waals surface area contributed by atoms with Gasteiger partial charge in [0, 0.05) is 44.8 Å². The molecule has 1 saturated heterocycles. The van der Waals surface area contributed by atoms with E-state index < -0.39 is 6.04 Å². The average Bonchev–Trinajstić information content (AvgIpc) is 3.01. The molecule has 0 radical (unpaired) electrons. The van der Waals surface area contributed by atoms with Crippen LogP contribution in [0.5, 0.6) is 0 Å². The lowest BCUT2D eigenvalue weighted by molar-refractivity contribution is -0.134. The van der Waals surface area contributed by atoms with Gasteiger partial charge in [-0.3, -0.25) is 14.3 Å². The molecule has 2 aromatic rings. The monoisotopic (exact) mass is 336 g/mol. The Morgan fingerprint density at radius 1 is 1.35 bits per heavy atom. The van der Waals surface area contributed by atoms with Gasteiger partial charge in [0.1, 0.15) is 6.04 Å². The lowest BCUT2D eigenvalue weighted by Crippen LogP contribution is -2.51. The van der Waals surface area contributed by atoms with Gasteiger partial charge in [-0.05, 0) is 6.92 Å². The number of carbonyl (C=O) groups excluding carboxylic acids is 1. The second-order valence-corrected chi connectivity index (χ2v) is 5.81. The van der Waals surface area contributed by atoms with Crippen LogP contribution >= 0.6 is 11.6 Å². The van der Waals surface area contributed by atoms with Gasteiger partial charge in [-0.25, -0.2) is 4.98 Å². The van der Waals surface area contributed by atoms with Crippen molar-refractivity contribution in [3.8, 4) is 0 Å². The number of hydrogen-bond acceptors (Lipinski definition) is 5. The molecule has 1 aliphatic rings. The summed E-state index contributed by atoms with van der Waals surface area (Å²) >= 11 is 5.84. The Balaban J connectivity index is 1.63. The summed E-state index contributed by atoms with van der Waals surface area (Å²) in [5.41, 5.74) is -0.216. The van der Waals surface area contributed by atoms with E-state index in [1.54, 1.807) is 28.9 Å². The van der Waals surface area contributed by atoms with Crippen molar-refractivity contribution >= 4 is 23.3 Å². The molecule has 1 amide bonds. The number of hydrogen-bond donors (Lipinski definition) is 1. The highest BCUT2D eigenvalue weighted by Gasteiger charge is 2.27. The number of anilines is 1. The van der Waals surface area contributed by atoms with E-state index in [-0.39, 0.29) is 11.5 Å². The van der Waals surface area contributed by atoms with E-state index in [1.807, 2.05) is 4.90 Å². The average molecular weight is 337 g/mol. The molecule has 1 aliphatic heterocycles. The zero-order chi connectivity index (χ0) is 16.4. The van der Waals surface area contributed by atoms with Crippen molar-refractivity contribution in [1.82, 2.24) is 24.6 Å². The fourth-order valence-electron chi connectivity index (χ4n) is 2.61. The highest BCUT2D eigenvalue weighted by atomic mass is 35.5. The van der Waals surface area contributed by atoms with Crippen molar-refractivity contribution in [2.24, 2.45) is 0 Å². The number of carbonyl (C=O) groups is 1. The molecule has 2 aromatic heterocycles. The number of H-pyrrole nitrogens is 1. The smallest absolute Gasteiger partial charge is 0.290 e. The number of aromatic nitrogens is 4. The van der Waals surface area contributed by atoms with Gasteiger partial charge in [-0.2, -0.15) is 5.10 Å². The summed E-state index contributed by atoms with van der Waals surface area (Å²) in [4.78, 5) is 34.7. The third-order valence-corrected chi connectivity index (χ3v) is 4.10. The van der Waals surface area contributed by atoms with Gasteiger partial charge < -0.3 is 14.8 Å². The minimum atomic E-state index is -0.410. The van der Waals surface area contributed by atoms with Crippen molar-refractivity contribution in [3.63, 3.8) is 0 Å². The van der Waals surface area contributed by atoms with Crippen LogP contribution in [-0.2, 0) is 4.79 Å². The van der Waals surface area contributed by atoms with Crippen molar-refractivity contribution in [2.45, 2.75) is 13.0 Å². The summed E-state index contributed by atoms with van der Waals surface area (Å²) in [6.45, 7) is 4.00. The molecule has 0 bridgehead atoms. The third-order valence-electron chi connectivity index (χ3n) is 3.90. The maximum absolute atomic E-state index is 12.5. The molecule has 0 saturated carbocycles. The molecule has 0 unspecified atom stereocenters. The number of halogens is 1. The Morgan fingerprint density at radius 2 is 2.09 bits per heavy atom. The quantitative estimate of drug-likeness (QED) is 0.883. The summed E-state index contributed by atoms with van der Waals surface area (Å²) in [6.07, 6.45) is 6.20. The third kappa shape index (κ3) is 3.21. The predicted octanol–water partition coefficient (Wildman–Crippen LogP) is 0.530. The van der Waals surface area contributed by atoms with Gasteiger partial charge in [0.2, 0.25) is 5.91 Å². The zero-order valence-corrected chi connectivity index (χ0v) is 13.4. The standard InChI is InChI=1S/C14H17ClN6O2/c1-10(21-9-11(15)8-18-21)14(23)20-6-4-19(5-7-20)12-13(22)17-3-2-16-12/h2-3,8-10H,4-7H2,1H3,(H,17,22)/t10-/m0/s1. The van der Waals surface area contributed by atoms with Crippen molar-refractivity contribution in [3.05, 3.63) is 40.2 Å². The summed E-state index contributed by atoms with van der Waals surface area (Å²) < 4.78 is 1.56. The van der Waals surface area contributed by atoms with Gasteiger partial charge in [0.05, 0.1) is 11.2 Å². The van der Waals surface area contributed by atoms with E-state index in [2.05, 4.69) is 15.1 Å². The van der Waals surface area contributed by atoms with Crippen LogP contribution in [0.2, 0.25) is 5.02 Å². The lowest BCUT2D eigenvalue weighted by atomic mass is 10.2. The molecular formula is C14H17ClN6O2. The molecular weight excluding hydrogens is 320 g/mol. The molecule has 23 heavy (non-hydrogen) atoms. The minimum absolute atomic E-state index is 0.0145. The Bertz CT molecular complexity index is 749. The first kappa shape index (κ1) is 15.5. The maximum Gasteiger partial charge on any atom is 0.290 e. The van der Waals surface area contributed by atoms with E-state index >= 15 is 0 Å². The first-order valence-electron chi connectivity index (χ1n) is 7.33. The van der Waals surface area contributed by atoms with Crippen LogP contribution in [-0.4, -0.2) is 56.7 Å². The number of amides is 1. The maximum atomic E-state index is 12.5. The molecule has 8 nitrogen and oxygen atoms in total. The SMILES string of the molecule is C[C@@H](C(=O)N1CCN(c2ncc[nH]c2=O)CC1)n1cc(Cl)cn1. The first-order chi connectivity index (χ1) is 11.1. The lowest BCUT2D eigenvalue weighted by Gasteiger charge is -2.36. The Labute approximate surface area is 137 Å². The second kappa shape index (κ2) is 6.41. The van der Waals surface area contributed by atoms with Crippen LogP contribution < -0.4 is 10.5 Å². The largest absolute Gasteiger partial charge is 0.348 e. The number of nitrogens with zero attached hydrogens (tertiary/aromatic N) is 5. The summed E-state index contributed by atoms with van der Waals surface area (Å²) in [6, 6.07) is -0.410. The molecule has 3 heterocycles. The second-order valence-electron chi connectivity index (χ2n) is 5.37. The van der Waals surface area contributed by atoms with Crippen molar-refractivity contribution < 1.29 is 4.79 Å². The number of rotatable bonds is 3. The highest BCUT2D eigenvalue weighted by molar-refractivity contribution is 6.30. The summed E-state index contributed by atoms with van der Waals surface area (Å²) in [5, 5.41) is 4.58. The highest BCUT2D eigenvalue weighted by Crippen LogP contribution is 2.15. The zero-order valence-electron chi connectivity index (χ0n) is 12.6. The molecule has 0 aliphatic carbocycles. The van der Waals surface area contributed by atoms with Crippen LogP contribution in [0.15, 0.2) is 29.6 Å². The predicted molar refractivity (Wildman–Crippen MR) is 85.6 cm³/mol. The molecule has 0 aromatic carbocycles. The molecule has 1 N–H and O–H groups in total. The van der Waals surface area contributed by atoms with E-state index in [4.69, 9.17) is 11.6 Å². The topological polar surface area (TPSA) is 87.1 Å². The Morgan fingerprint density at radius 3 is 2.70 bits per heavy atom. The first-order valence-corrected chi connectivity index (χ1v) is 7.71. The molecule has 3 rings (SSSR count). The summed E-state index contributed by atoms with van der Waals surface area (Å²) in [5.74, 6) is 0.380. The number of piperazine rings is 1. The summed E-state index contributed by atoms with van der Waals surface area (Å²) in [7, 11) is 0. The number of aromatic amines is 1. The van der Waals surface area contributed by atoms with Gasteiger partial charge in [-0.15, -0.1) is 0 Å². The van der Waals surface area contributed by atoms with Crippen molar-refractivity contribution in [1.29, 1.82) is 0 Å². The Hall–Kier alpha value is -2.35. The van der Waals surface area contributed by atoms with Gasteiger partial charge >= 0.3 is 0 Å². The van der Waals surface area contributed by atoms with Gasteiger partial charge in [0.15, 0.2) is 5.82 Å². The van der Waals surface area contributed by atoms with Crippen LogP contribution in [0, 0.1) is 0 Å². The molecule has 1 atom stereocenters. The van der Waals surface area contributed by atoms with Crippen LogP contribution in [0.4, 0.5) is 5.82 Å². The minimum Gasteiger partial charge on any atom is -0.348 e. The number of nitrogens with one attached hydrogen (secondary N) is 1. The van der Waals surface area contributed by atoms with Crippen LogP contribution in [0.3, 0.4) is 0 Å². The molecule has 1 fully saturated rings. The Kier molecular flexibility index (Phi) is 4.33. The van der Waals surface area contributed by atoms with Gasteiger partial charge in [0.25, 0.3) is 5.56 Å². The molecule has 0 spiro atoms. The van der Waals surface area contributed by atoms with Crippen LogP contribution in [0.1, 0.15) is 13.0 Å². The van der Waals surface area contributed by atoms with E-state index in [0.717, 1.165) is 0 Å². The van der Waals surface area contributed by atoms with Crippen LogP contribution in [0.25, 0.3) is 0 Å². The molecule has 9 heteroatoms. The van der Waals surface area contributed by atoms with E-state index in [9.17, 15) is 9.59 Å². The normalized spacial score (nSPS) is 16.4. The van der Waals surface area contributed by atoms with Gasteiger partial charge in [-0.1, -0.05) is 11.6 Å². The van der Waals surface area contributed by atoms with E-state index in [0.29, 0.717) is 37.0 Å². The fourth-order valence-corrected chi connectivity index (χ4v) is 2.76. The van der Waals surface area contributed by atoms with E-state index in [1.165, 1.54) is 12.4 Å².